The van der Waals surface area contributed by atoms with E-state index in [1.165, 1.54) is 0 Å². The Bertz CT molecular complexity index is 709. The summed E-state index contributed by atoms with van der Waals surface area (Å²) in [6, 6.07) is 10.0. The van der Waals surface area contributed by atoms with Gasteiger partial charge in [-0.05, 0) is 36.4 Å². The second kappa shape index (κ2) is 4.78. The van der Waals surface area contributed by atoms with Gasteiger partial charge in [-0.2, -0.15) is 0 Å². The molecule has 0 saturated heterocycles. The minimum Gasteiger partial charge on any atom is -0.508 e. The van der Waals surface area contributed by atoms with Gasteiger partial charge < -0.3 is 9.84 Å². The molecule has 3 aromatic rings. The summed E-state index contributed by atoms with van der Waals surface area (Å²) < 4.78 is 7.13. The van der Waals surface area contributed by atoms with Gasteiger partial charge in [0, 0.05) is 6.20 Å². The minimum atomic E-state index is 0.202. The number of aromatic hydroxyl groups is 1. The lowest BCUT2D eigenvalue weighted by Crippen LogP contribution is -1.97. The lowest BCUT2D eigenvalue weighted by Gasteiger charge is -2.02. The van der Waals surface area contributed by atoms with Crippen molar-refractivity contribution >= 4 is 17.2 Å². The maximum atomic E-state index is 9.17. The first-order valence-electron chi connectivity index (χ1n) is 5.63. The molecule has 0 unspecified atom stereocenters. The molecule has 0 aliphatic rings. The van der Waals surface area contributed by atoms with Crippen LogP contribution < -0.4 is 4.74 Å². The van der Waals surface area contributed by atoms with Crippen molar-refractivity contribution in [2.75, 3.05) is 0 Å². The Labute approximate surface area is 114 Å². The van der Waals surface area contributed by atoms with E-state index >= 15 is 0 Å². The third-order valence-corrected chi connectivity index (χ3v) is 2.77. The molecule has 0 radical (unpaired) electrons. The van der Waals surface area contributed by atoms with Gasteiger partial charge >= 0.3 is 0 Å². The summed E-state index contributed by atoms with van der Waals surface area (Å²) in [4.78, 5) is 4.31. The van der Waals surface area contributed by atoms with E-state index in [1.807, 2.05) is 0 Å². The Hall–Kier alpha value is -2.27. The highest BCUT2D eigenvalue weighted by Crippen LogP contribution is 2.17. The average molecular weight is 276 g/mol. The number of benzene rings is 1. The lowest BCUT2D eigenvalue weighted by molar-refractivity contribution is 0.295. The summed E-state index contributed by atoms with van der Waals surface area (Å²) in [6.07, 6.45) is 1.69. The predicted octanol–water partition coefficient (Wildman–Crippen LogP) is 2.67. The van der Waals surface area contributed by atoms with Crippen molar-refractivity contribution in [1.82, 2.24) is 14.6 Å². The van der Waals surface area contributed by atoms with E-state index in [-0.39, 0.29) is 12.4 Å². The number of phenolic OH excluding ortho intramolecular Hbond substituents is 1. The fourth-order valence-electron chi connectivity index (χ4n) is 1.66. The third-order valence-electron chi connectivity index (χ3n) is 2.54. The van der Waals surface area contributed by atoms with Gasteiger partial charge in [0.25, 0.3) is 0 Å². The first-order chi connectivity index (χ1) is 9.20. The first-order valence-corrected chi connectivity index (χ1v) is 6.01. The van der Waals surface area contributed by atoms with Crippen LogP contribution in [0.1, 0.15) is 5.82 Å². The predicted molar refractivity (Wildman–Crippen MR) is 70.4 cm³/mol. The summed E-state index contributed by atoms with van der Waals surface area (Å²) in [7, 11) is 0. The zero-order chi connectivity index (χ0) is 13.2. The number of pyridine rings is 1. The van der Waals surface area contributed by atoms with Crippen molar-refractivity contribution in [2.24, 2.45) is 0 Å². The molecule has 0 saturated carbocycles. The normalized spacial score (nSPS) is 10.8. The van der Waals surface area contributed by atoms with Gasteiger partial charge in [0.15, 0.2) is 11.5 Å². The maximum absolute atomic E-state index is 9.17. The fraction of sp³-hybridized carbons (Fsp3) is 0.0769. The van der Waals surface area contributed by atoms with Crippen LogP contribution in [-0.4, -0.2) is 19.7 Å². The van der Waals surface area contributed by atoms with Crippen molar-refractivity contribution in [2.45, 2.75) is 6.61 Å². The molecular formula is C13H10ClN3O2. The number of halogens is 1. The van der Waals surface area contributed by atoms with Crippen LogP contribution in [0.2, 0.25) is 5.02 Å². The standard InChI is InChI=1S/C13H10ClN3O2/c14-9-1-6-13-15-12(16-17(13)7-9)8-19-11-4-2-10(18)3-5-11/h1-7,18H,8H2. The largest absolute Gasteiger partial charge is 0.508 e. The van der Waals surface area contributed by atoms with Crippen LogP contribution in [-0.2, 0) is 6.61 Å². The van der Waals surface area contributed by atoms with E-state index in [0.717, 1.165) is 0 Å². The molecule has 0 amide bonds. The second-order valence-electron chi connectivity index (χ2n) is 3.96. The molecule has 0 atom stereocenters. The molecule has 1 aromatic carbocycles. The minimum absolute atomic E-state index is 0.202. The Kier molecular flexibility index (Phi) is 2.97. The Morgan fingerprint density at radius 1 is 1.16 bits per heavy atom. The zero-order valence-corrected chi connectivity index (χ0v) is 10.6. The van der Waals surface area contributed by atoms with Crippen molar-refractivity contribution in [3.05, 3.63) is 53.4 Å². The van der Waals surface area contributed by atoms with E-state index in [0.29, 0.717) is 22.2 Å². The molecule has 0 bridgehead atoms. The van der Waals surface area contributed by atoms with E-state index in [2.05, 4.69) is 10.1 Å². The molecule has 2 aromatic heterocycles. The van der Waals surface area contributed by atoms with E-state index in [1.54, 1.807) is 47.1 Å². The number of hydrogen-bond donors (Lipinski definition) is 1. The van der Waals surface area contributed by atoms with Gasteiger partial charge in [0.2, 0.25) is 0 Å². The monoisotopic (exact) mass is 275 g/mol. The molecule has 1 N–H and O–H groups in total. The number of phenols is 1. The quantitative estimate of drug-likeness (QED) is 0.798. The van der Waals surface area contributed by atoms with Crippen molar-refractivity contribution in [3.8, 4) is 11.5 Å². The number of ether oxygens (including phenoxy) is 1. The summed E-state index contributed by atoms with van der Waals surface area (Å²) in [5, 5.41) is 14.0. The van der Waals surface area contributed by atoms with Crippen LogP contribution in [0.3, 0.4) is 0 Å². The van der Waals surface area contributed by atoms with Gasteiger partial charge in [-0.15, -0.1) is 5.10 Å². The van der Waals surface area contributed by atoms with E-state index in [4.69, 9.17) is 21.4 Å². The SMILES string of the molecule is Oc1ccc(OCc2nc3ccc(Cl)cn3n2)cc1. The molecule has 0 aliphatic carbocycles. The van der Waals surface area contributed by atoms with Gasteiger partial charge in [0.05, 0.1) is 5.02 Å². The molecule has 2 heterocycles. The summed E-state index contributed by atoms with van der Waals surface area (Å²) in [5.41, 5.74) is 0.716. The molecule has 3 rings (SSSR count). The highest BCUT2D eigenvalue weighted by molar-refractivity contribution is 6.30. The number of hydrogen-bond acceptors (Lipinski definition) is 4. The van der Waals surface area contributed by atoms with Crippen LogP contribution in [0.15, 0.2) is 42.6 Å². The van der Waals surface area contributed by atoms with Crippen LogP contribution in [0.25, 0.3) is 5.65 Å². The molecule has 6 heteroatoms. The average Bonchev–Trinajstić information content (AvgIpc) is 2.80. The molecular weight excluding hydrogens is 266 g/mol. The van der Waals surface area contributed by atoms with Gasteiger partial charge in [-0.3, -0.25) is 0 Å². The third kappa shape index (κ3) is 2.61. The molecule has 0 spiro atoms. The molecule has 0 fully saturated rings. The summed E-state index contributed by atoms with van der Waals surface area (Å²) in [6.45, 7) is 0.254. The zero-order valence-electron chi connectivity index (χ0n) is 9.82. The maximum Gasteiger partial charge on any atom is 0.189 e. The first kappa shape index (κ1) is 11.8. The molecule has 19 heavy (non-hydrogen) atoms. The van der Waals surface area contributed by atoms with E-state index < -0.39 is 0 Å². The van der Waals surface area contributed by atoms with Gasteiger partial charge in [-0.1, -0.05) is 11.6 Å². The van der Waals surface area contributed by atoms with Crippen molar-refractivity contribution < 1.29 is 9.84 Å². The summed E-state index contributed by atoms with van der Waals surface area (Å²) in [5.74, 6) is 1.41. The molecule has 5 nitrogen and oxygen atoms in total. The van der Waals surface area contributed by atoms with E-state index in [9.17, 15) is 0 Å². The van der Waals surface area contributed by atoms with Gasteiger partial charge in [-0.25, -0.2) is 9.50 Å². The van der Waals surface area contributed by atoms with Crippen LogP contribution >= 0.6 is 11.6 Å². The molecule has 96 valence electrons. The topological polar surface area (TPSA) is 59.7 Å². The van der Waals surface area contributed by atoms with Crippen LogP contribution in [0.4, 0.5) is 0 Å². The van der Waals surface area contributed by atoms with Gasteiger partial charge in [0.1, 0.15) is 18.1 Å². The second-order valence-corrected chi connectivity index (χ2v) is 4.40. The highest BCUT2D eigenvalue weighted by Gasteiger charge is 2.04. The Morgan fingerprint density at radius 3 is 2.74 bits per heavy atom. The lowest BCUT2D eigenvalue weighted by atomic mass is 10.3. The highest BCUT2D eigenvalue weighted by atomic mass is 35.5. The van der Waals surface area contributed by atoms with Crippen LogP contribution in [0, 0.1) is 0 Å². The number of nitrogens with zero attached hydrogens (tertiary/aromatic N) is 3. The smallest absolute Gasteiger partial charge is 0.189 e. The van der Waals surface area contributed by atoms with Crippen molar-refractivity contribution in [3.63, 3.8) is 0 Å². The Morgan fingerprint density at radius 2 is 1.95 bits per heavy atom. The Balaban J connectivity index is 1.76. The number of rotatable bonds is 3. The molecule has 0 aliphatic heterocycles. The number of aromatic nitrogens is 3. The summed E-state index contributed by atoms with van der Waals surface area (Å²) >= 11 is 5.87. The number of fused-ring (bicyclic) bond motifs is 1. The van der Waals surface area contributed by atoms with Crippen LogP contribution in [0.5, 0.6) is 11.5 Å². The van der Waals surface area contributed by atoms with Crippen molar-refractivity contribution in [1.29, 1.82) is 0 Å². The fourth-order valence-corrected chi connectivity index (χ4v) is 1.81.